The van der Waals surface area contributed by atoms with Gasteiger partial charge >= 0.3 is 11.9 Å². The van der Waals surface area contributed by atoms with Crippen molar-refractivity contribution in [3.8, 4) is 28.8 Å². The molecule has 0 atom stereocenters. The number of ether oxygens (including phenoxy) is 2. The van der Waals surface area contributed by atoms with Gasteiger partial charge in [-0.1, -0.05) is 12.1 Å². The number of aromatic nitrogens is 2. The lowest BCUT2D eigenvalue weighted by Crippen LogP contribution is -2.09. The van der Waals surface area contributed by atoms with Crippen molar-refractivity contribution in [1.82, 2.24) is 9.55 Å². The van der Waals surface area contributed by atoms with E-state index >= 15 is 0 Å². The second-order valence-electron chi connectivity index (χ2n) is 6.37. The number of nitrogens with one attached hydrogen (secondary N) is 1. The SMILES string of the molecule is Cn1c(-c2ccc3c(c2)OCO3)cnc1NCc1ccc(C#N)cc1.O=C(O)C(=O)O. The third kappa shape index (κ3) is 5.10. The number of rotatable bonds is 4. The summed E-state index contributed by atoms with van der Waals surface area (Å²) in [7, 11) is 1.97. The van der Waals surface area contributed by atoms with Gasteiger partial charge in [-0.15, -0.1) is 0 Å². The summed E-state index contributed by atoms with van der Waals surface area (Å²) in [6.45, 7) is 0.901. The van der Waals surface area contributed by atoms with Crippen LogP contribution < -0.4 is 14.8 Å². The minimum atomic E-state index is -1.82. The van der Waals surface area contributed by atoms with E-state index in [0.29, 0.717) is 12.1 Å². The van der Waals surface area contributed by atoms with Crippen LogP contribution in [0.15, 0.2) is 48.7 Å². The minimum absolute atomic E-state index is 0.265. The largest absolute Gasteiger partial charge is 0.473 e. The first kappa shape index (κ1) is 21.2. The molecular formula is C21H18N4O6. The first-order valence-corrected chi connectivity index (χ1v) is 9.00. The second kappa shape index (κ2) is 9.32. The smallest absolute Gasteiger partial charge is 0.414 e. The number of benzene rings is 2. The van der Waals surface area contributed by atoms with E-state index < -0.39 is 11.9 Å². The fourth-order valence-corrected chi connectivity index (χ4v) is 2.78. The highest BCUT2D eigenvalue weighted by atomic mass is 16.7. The second-order valence-corrected chi connectivity index (χ2v) is 6.37. The Morgan fingerprint density at radius 1 is 1.13 bits per heavy atom. The number of carboxylic acids is 2. The Labute approximate surface area is 176 Å². The lowest BCUT2D eigenvalue weighted by atomic mass is 10.1. The molecule has 0 amide bonds. The fourth-order valence-electron chi connectivity index (χ4n) is 2.78. The Balaban J connectivity index is 0.000000401. The van der Waals surface area contributed by atoms with Gasteiger partial charge in [0.05, 0.1) is 23.5 Å². The van der Waals surface area contributed by atoms with Crippen molar-refractivity contribution in [1.29, 1.82) is 5.26 Å². The number of fused-ring (bicyclic) bond motifs is 1. The van der Waals surface area contributed by atoms with E-state index in [2.05, 4.69) is 16.4 Å². The lowest BCUT2D eigenvalue weighted by Gasteiger charge is -2.09. The zero-order valence-corrected chi connectivity index (χ0v) is 16.4. The molecule has 3 aromatic rings. The third-order valence-electron chi connectivity index (χ3n) is 4.37. The van der Waals surface area contributed by atoms with Gasteiger partial charge in [0.2, 0.25) is 12.7 Å². The highest BCUT2D eigenvalue weighted by molar-refractivity contribution is 6.27. The molecule has 0 spiro atoms. The van der Waals surface area contributed by atoms with Gasteiger partial charge in [-0.25, -0.2) is 14.6 Å². The number of carbonyl (C=O) groups is 2. The van der Waals surface area contributed by atoms with E-state index in [1.807, 2.05) is 60.3 Å². The molecule has 10 heteroatoms. The maximum atomic E-state index is 9.10. The number of nitrogens with zero attached hydrogens (tertiary/aromatic N) is 3. The molecule has 2 heterocycles. The summed E-state index contributed by atoms with van der Waals surface area (Å²) < 4.78 is 12.8. The van der Waals surface area contributed by atoms with Crippen molar-refractivity contribution in [2.45, 2.75) is 6.54 Å². The Bertz CT molecular complexity index is 1140. The quantitative estimate of drug-likeness (QED) is 0.539. The summed E-state index contributed by atoms with van der Waals surface area (Å²) in [4.78, 5) is 22.7. The Hall–Kier alpha value is -4.52. The number of hydrogen-bond donors (Lipinski definition) is 3. The van der Waals surface area contributed by atoms with Gasteiger partial charge in [-0.2, -0.15) is 5.26 Å². The van der Waals surface area contributed by atoms with Crippen LogP contribution in [-0.4, -0.2) is 38.5 Å². The lowest BCUT2D eigenvalue weighted by molar-refractivity contribution is -0.159. The molecule has 4 rings (SSSR count). The van der Waals surface area contributed by atoms with Gasteiger partial charge in [-0.3, -0.25) is 0 Å². The van der Waals surface area contributed by atoms with Crippen LogP contribution in [0.3, 0.4) is 0 Å². The van der Waals surface area contributed by atoms with Crippen molar-refractivity contribution >= 4 is 17.9 Å². The fraction of sp³-hybridized carbons (Fsp3) is 0.143. The van der Waals surface area contributed by atoms with Crippen molar-refractivity contribution in [3.05, 3.63) is 59.8 Å². The molecule has 1 aliphatic rings. The Morgan fingerprint density at radius 2 is 1.81 bits per heavy atom. The number of aliphatic carboxylic acids is 2. The maximum absolute atomic E-state index is 9.10. The molecule has 0 unspecified atom stereocenters. The molecule has 3 N–H and O–H groups in total. The molecule has 0 saturated heterocycles. The zero-order chi connectivity index (χ0) is 22.4. The van der Waals surface area contributed by atoms with E-state index in [-0.39, 0.29) is 6.79 Å². The number of anilines is 1. The molecule has 0 bridgehead atoms. The first-order valence-electron chi connectivity index (χ1n) is 9.00. The molecule has 0 aliphatic carbocycles. The summed E-state index contributed by atoms with van der Waals surface area (Å²) in [6, 6.07) is 15.5. The van der Waals surface area contributed by atoms with Crippen molar-refractivity contribution in [2.75, 3.05) is 12.1 Å². The molecule has 10 nitrogen and oxygen atoms in total. The minimum Gasteiger partial charge on any atom is -0.473 e. The van der Waals surface area contributed by atoms with Crippen LogP contribution in [0.4, 0.5) is 5.95 Å². The van der Waals surface area contributed by atoms with Gasteiger partial charge in [0, 0.05) is 19.2 Å². The molecule has 0 saturated carbocycles. The van der Waals surface area contributed by atoms with Crippen LogP contribution in [0.25, 0.3) is 11.3 Å². The Kier molecular flexibility index (Phi) is 6.37. The molecule has 158 valence electrons. The van der Waals surface area contributed by atoms with Gasteiger partial charge in [0.1, 0.15) is 0 Å². The van der Waals surface area contributed by atoms with E-state index in [1.165, 1.54) is 0 Å². The summed E-state index contributed by atoms with van der Waals surface area (Å²) in [5.41, 5.74) is 3.75. The third-order valence-corrected chi connectivity index (χ3v) is 4.37. The van der Waals surface area contributed by atoms with Crippen LogP contribution in [0.1, 0.15) is 11.1 Å². The average Bonchev–Trinajstić information content (AvgIpc) is 3.38. The number of hydrogen-bond acceptors (Lipinski definition) is 7. The predicted octanol–water partition coefficient (Wildman–Crippen LogP) is 2.46. The van der Waals surface area contributed by atoms with E-state index in [9.17, 15) is 0 Å². The molecule has 1 aromatic heterocycles. The monoisotopic (exact) mass is 422 g/mol. The Morgan fingerprint density at radius 3 is 2.45 bits per heavy atom. The number of nitriles is 1. The summed E-state index contributed by atoms with van der Waals surface area (Å²) >= 11 is 0. The van der Waals surface area contributed by atoms with E-state index in [0.717, 1.165) is 34.3 Å². The van der Waals surface area contributed by atoms with E-state index in [4.69, 9.17) is 34.5 Å². The van der Waals surface area contributed by atoms with Crippen LogP contribution in [0.2, 0.25) is 0 Å². The summed E-state index contributed by atoms with van der Waals surface area (Å²) in [6.07, 6.45) is 1.83. The van der Waals surface area contributed by atoms with Gasteiger partial charge in [0.25, 0.3) is 0 Å². The zero-order valence-electron chi connectivity index (χ0n) is 16.4. The van der Waals surface area contributed by atoms with Crippen LogP contribution in [0.5, 0.6) is 11.5 Å². The number of imidazole rings is 1. The highest BCUT2D eigenvalue weighted by Crippen LogP contribution is 2.36. The van der Waals surface area contributed by atoms with Crippen molar-refractivity contribution in [3.63, 3.8) is 0 Å². The van der Waals surface area contributed by atoms with Crippen molar-refractivity contribution in [2.24, 2.45) is 7.05 Å². The first-order chi connectivity index (χ1) is 14.9. The molecular weight excluding hydrogens is 404 g/mol. The van der Waals surface area contributed by atoms with Crippen LogP contribution >= 0.6 is 0 Å². The number of carboxylic acid groups (broad SMARTS) is 2. The molecule has 1 aliphatic heterocycles. The summed E-state index contributed by atoms with van der Waals surface area (Å²) in [5.74, 6) is -1.35. The summed E-state index contributed by atoms with van der Waals surface area (Å²) in [5, 5.41) is 27.0. The normalized spacial score (nSPS) is 11.1. The van der Waals surface area contributed by atoms with Crippen molar-refractivity contribution < 1.29 is 29.3 Å². The standard InChI is InChI=1S/C19H16N4O2.C2H2O4/c1-23-16(15-6-7-17-18(8-15)25-12-24-17)11-22-19(23)21-10-14-4-2-13(9-20)3-5-14;3-1(4)2(5)6/h2-8,11H,10,12H2,1H3,(H,21,22);(H,3,4)(H,5,6). The van der Waals surface area contributed by atoms with Gasteiger partial charge in [0.15, 0.2) is 11.5 Å². The maximum Gasteiger partial charge on any atom is 0.414 e. The van der Waals surface area contributed by atoms with Crippen LogP contribution in [0, 0.1) is 11.3 Å². The predicted molar refractivity (Wildman–Crippen MR) is 109 cm³/mol. The highest BCUT2D eigenvalue weighted by Gasteiger charge is 2.16. The average molecular weight is 422 g/mol. The van der Waals surface area contributed by atoms with Gasteiger partial charge < -0.3 is 29.6 Å². The van der Waals surface area contributed by atoms with Gasteiger partial charge in [-0.05, 0) is 35.9 Å². The van der Waals surface area contributed by atoms with Crippen LogP contribution in [-0.2, 0) is 23.2 Å². The molecule has 2 aromatic carbocycles. The topological polar surface area (TPSA) is 147 Å². The van der Waals surface area contributed by atoms with E-state index in [1.54, 1.807) is 0 Å². The molecule has 0 radical (unpaired) electrons. The molecule has 0 fully saturated rings. The molecule has 31 heavy (non-hydrogen) atoms.